The molecule has 1 fully saturated rings. The number of rotatable bonds is 2. The number of methoxy groups -OCH3 is 1. The quantitative estimate of drug-likeness (QED) is 0.829. The van der Waals surface area contributed by atoms with Gasteiger partial charge >= 0.3 is 5.69 Å². The van der Waals surface area contributed by atoms with Gasteiger partial charge in [0.1, 0.15) is 11.1 Å². The van der Waals surface area contributed by atoms with Crippen molar-refractivity contribution in [3.8, 4) is 5.75 Å². The Hall–Kier alpha value is -2.08. The summed E-state index contributed by atoms with van der Waals surface area (Å²) in [4.78, 5) is 27.3. The molecule has 2 aromatic rings. The second kappa shape index (κ2) is 4.55. The molecular formula is C13H15N3O3. The van der Waals surface area contributed by atoms with Crippen LogP contribution in [0, 0.1) is 0 Å². The van der Waals surface area contributed by atoms with Crippen molar-refractivity contribution < 1.29 is 4.74 Å². The highest BCUT2D eigenvalue weighted by molar-refractivity contribution is 5.83. The Morgan fingerprint density at radius 1 is 1.37 bits per heavy atom. The van der Waals surface area contributed by atoms with E-state index in [2.05, 4.69) is 10.3 Å². The Balaban J connectivity index is 2.34. The van der Waals surface area contributed by atoms with Crippen LogP contribution in [0.15, 0.2) is 27.8 Å². The third-order valence-corrected chi connectivity index (χ3v) is 3.49. The molecule has 1 atom stereocenters. The lowest BCUT2D eigenvalue weighted by molar-refractivity contribution is 0.415. The largest absolute Gasteiger partial charge is 0.496 e. The molecule has 100 valence electrons. The third-order valence-electron chi connectivity index (χ3n) is 3.49. The summed E-state index contributed by atoms with van der Waals surface area (Å²) in [7, 11) is 1.51. The van der Waals surface area contributed by atoms with Gasteiger partial charge in [0, 0.05) is 0 Å². The van der Waals surface area contributed by atoms with E-state index in [4.69, 9.17) is 4.74 Å². The van der Waals surface area contributed by atoms with Crippen LogP contribution in [0.1, 0.15) is 19.0 Å². The van der Waals surface area contributed by atoms with Crippen LogP contribution in [0.2, 0.25) is 0 Å². The second-order valence-electron chi connectivity index (χ2n) is 4.60. The van der Waals surface area contributed by atoms with Crippen LogP contribution >= 0.6 is 0 Å². The number of nitrogens with zero attached hydrogens (tertiary/aromatic N) is 1. The molecule has 6 nitrogen and oxygen atoms in total. The van der Waals surface area contributed by atoms with E-state index in [0.717, 1.165) is 19.4 Å². The average Bonchev–Trinajstić information content (AvgIpc) is 2.91. The maximum absolute atomic E-state index is 12.5. The number of nitrogens with one attached hydrogen (secondary N) is 2. The van der Waals surface area contributed by atoms with Crippen LogP contribution in [-0.4, -0.2) is 23.2 Å². The van der Waals surface area contributed by atoms with Crippen molar-refractivity contribution in [2.24, 2.45) is 0 Å². The maximum Gasteiger partial charge on any atom is 0.330 e. The summed E-state index contributed by atoms with van der Waals surface area (Å²) < 4.78 is 6.46. The molecule has 0 spiro atoms. The lowest BCUT2D eigenvalue weighted by Crippen LogP contribution is -2.41. The van der Waals surface area contributed by atoms with E-state index in [-0.39, 0.29) is 17.4 Å². The molecule has 0 amide bonds. The smallest absolute Gasteiger partial charge is 0.330 e. The first kappa shape index (κ1) is 12.0. The van der Waals surface area contributed by atoms with Crippen LogP contribution in [-0.2, 0) is 0 Å². The molecule has 0 radical (unpaired) electrons. The van der Waals surface area contributed by atoms with Gasteiger partial charge in [0.05, 0.1) is 18.8 Å². The van der Waals surface area contributed by atoms with E-state index in [9.17, 15) is 9.59 Å². The van der Waals surface area contributed by atoms with Crippen molar-refractivity contribution in [2.45, 2.75) is 19.0 Å². The first-order valence-electron chi connectivity index (χ1n) is 6.27. The maximum atomic E-state index is 12.5. The minimum absolute atomic E-state index is 0.231. The highest BCUT2D eigenvalue weighted by atomic mass is 16.5. The molecule has 1 aliphatic heterocycles. The molecule has 0 saturated carbocycles. The highest BCUT2D eigenvalue weighted by Gasteiger charge is 2.21. The normalized spacial score (nSPS) is 18.9. The molecule has 0 bridgehead atoms. The highest BCUT2D eigenvalue weighted by Crippen LogP contribution is 2.20. The van der Waals surface area contributed by atoms with Gasteiger partial charge in [0.15, 0.2) is 0 Å². The molecule has 19 heavy (non-hydrogen) atoms. The van der Waals surface area contributed by atoms with Crippen molar-refractivity contribution in [3.05, 3.63) is 39.0 Å². The molecule has 6 heteroatoms. The van der Waals surface area contributed by atoms with E-state index < -0.39 is 0 Å². The number of benzene rings is 1. The summed E-state index contributed by atoms with van der Waals surface area (Å²) in [5, 5.41) is 3.57. The van der Waals surface area contributed by atoms with Gasteiger partial charge in [0.25, 0.3) is 5.56 Å². The Kier molecular flexibility index (Phi) is 2.87. The SMILES string of the molecule is COc1cccc2[nH]c(=O)n(C3CCCN3)c(=O)c12. The number of aromatic amines is 1. The lowest BCUT2D eigenvalue weighted by atomic mass is 10.2. The van der Waals surface area contributed by atoms with Crippen molar-refractivity contribution >= 4 is 10.9 Å². The Labute approximate surface area is 109 Å². The van der Waals surface area contributed by atoms with E-state index in [1.54, 1.807) is 18.2 Å². The molecule has 2 heterocycles. The van der Waals surface area contributed by atoms with E-state index in [0.29, 0.717) is 16.7 Å². The summed E-state index contributed by atoms with van der Waals surface area (Å²) in [6.45, 7) is 0.820. The Bertz CT molecular complexity index is 726. The summed E-state index contributed by atoms with van der Waals surface area (Å²) >= 11 is 0. The van der Waals surface area contributed by atoms with Gasteiger partial charge in [0.2, 0.25) is 0 Å². The predicted molar refractivity (Wildman–Crippen MR) is 71.7 cm³/mol. The molecular weight excluding hydrogens is 246 g/mol. The fourth-order valence-corrected chi connectivity index (χ4v) is 2.58. The van der Waals surface area contributed by atoms with Gasteiger partial charge in [-0.15, -0.1) is 0 Å². The second-order valence-corrected chi connectivity index (χ2v) is 4.60. The van der Waals surface area contributed by atoms with Crippen LogP contribution in [0.5, 0.6) is 5.75 Å². The van der Waals surface area contributed by atoms with E-state index >= 15 is 0 Å². The number of hydrogen-bond acceptors (Lipinski definition) is 4. The van der Waals surface area contributed by atoms with Crippen LogP contribution in [0.25, 0.3) is 10.9 Å². The fourth-order valence-electron chi connectivity index (χ4n) is 2.58. The zero-order chi connectivity index (χ0) is 13.4. The number of fused-ring (bicyclic) bond motifs is 1. The molecule has 3 rings (SSSR count). The van der Waals surface area contributed by atoms with E-state index in [1.807, 2.05) is 0 Å². The van der Waals surface area contributed by atoms with Gasteiger partial charge in [-0.05, 0) is 31.5 Å². The van der Waals surface area contributed by atoms with Crippen LogP contribution in [0.3, 0.4) is 0 Å². The lowest BCUT2D eigenvalue weighted by Gasteiger charge is -2.14. The number of H-pyrrole nitrogens is 1. The van der Waals surface area contributed by atoms with Gasteiger partial charge < -0.3 is 9.72 Å². The Morgan fingerprint density at radius 2 is 2.21 bits per heavy atom. The molecule has 2 N–H and O–H groups in total. The minimum Gasteiger partial charge on any atom is -0.496 e. The van der Waals surface area contributed by atoms with Crippen molar-refractivity contribution in [1.82, 2.24) is 14.9 Å². The standard InChI is InChI=1S/C13H15N3O3/c1-19-9-5-2-4-8-11(9)12(17)16(13(18)15-8)10-6-3-7-14-10/h2,4-5,10,14H,3,6-7H2,1H3,(H,15,18). The average molecular weight is 261 g/mol. The molecule has 1 saturated heterocycles. The first-order valence-corrected chi connectivity index (χ1v) is 6.27. The monoisotopic (exact) mass is 261 g/mol. The topological polar surface area (TPSA) is 76.1 Å². The molecule has 0 aliphatic carbocycles. The zero-order valence-corrected chi connectivity index (χ0v) is 10.6. The number of aromatic nitrogens is 2. The minimum atomic E-state index is -0.384. The van der Waals surface area contributed by atoms with Gasteiger partial charge in [-0.2, -0.15) is 0 Å². The van der Waals surface area contributed by atoms with Crippen molar-refractivity contribution in [1.29, 1.82) is 0 Å². The van der Waals surface area contributed by atoms with Crippen LogP contribution in [0.4, 0.5) is 0 Å². The summed E-state index contributed by atoms with van der Waals surface area (Å²) in [5.41, 5.74) is -0.190. The molecule has 1 aromatic carbocycles. The summed E-state index contributed by atoms with van der Waals surface area (Å²) in [6.07, 6.45) is 1.51. The molecule has 1 unspecified atom stereocenters. The fraction of sp³-hybridized carbons (Fsp3) is 0.385. The Morgan fingerprint density at radius 3 is 2.89 bits per heavy atom. The van der Waals surface area contributed by atoms with E-state index in [1.165, 1.54) is 11.7 Å². The number of ether oxygens (including phenoxy) is 1. The first-order chi connectivity index (χ1) is 9.22. The van der Waals surface area contributed by atoms with Gasteiger partial charge in [-0.1, -0.05) is 6.07 Å². The summed E-state index contributed by atoms with van der Waals surface area (Å²) in [6, 6.07) is 5.16. The zero-order valence-electron chi connectivity index (χ0n) is 10.6. The van der Waals surface area contributed by atoms with Crippen LogP contribution < -0.4 is 21.3 Å². The molecule has 1 aliphatic rings. The van der Waals surface area contributed by atoms with Gasteiger partial charge in [-0.25, -0.2) is 9.36 Å². The molecule has 1 aromatic heterocycles. The summed E-state index contributed by atoms with van der Waals surface area (Å²) in [5.74, 6) is 0.477. The number of hydrogen-bond donors (Lipinski definition) is 2. The predicted octanol–water partition coefficient (Wildman–Crippen LogP) is 0.580. The van der Waals surface area contributed by atoms with Crippen molar-refractivity contribution in [3.63, 3.8) is 0 Å². The van der Waals surface area contributed by atoms with Crippen molar-refractivity contribution in [2.75, 3.05) is 13.7 Å². The third kappa shape index (κ3) is 1.84. The van der Waals surface area contributed by atoms with Gasteiger partial charge in [-0.3, -0.25) is 10.1 Å².